The molecule has 0 fully saturated rings. The zero-order chi connectivity index (χ0) is 16.8. The molecule has 1 heterocycles. The molecule has 4 nitrogen and oxygen atoms in total. The molecule has 1 aliphatic rings. The van der Waals surface area contributed by atoms with Gasteiger partial charge in [-0.1, -0.05) is 23.7 Å². The first-order chi connectivity index (χ1) is 10.8. The van der Waals surface area contributed by atoms with E-state index in [9.17, 15) is 8.42 Å². The van der Waals surface area contributed by atoms with Crippen LogP contribution in [0.15, 0.2) is 51.8 Å². The van der Waals surface area contributed by atoms with Crippen LogP contribution in [0.4, 0.5) is 5.69 Å². The number of thioether (sulfide) groups is 1. The van der Waals surface area contributed by atoms with E-state index in [0.717, 1.165) is 10.5 Å². The summed E-state index contributed by atoms with van der Waals surface area (Å²) in [6, 6.07) is 8.52. The van der Waals surface area contributed by atoms with Gasteiger partial charge >= 0.3 is 0 Å². The molecule has 0 aromatic heterocycles. The molecule has 2 aromatic carbocycles. The molecule has 1 aliphatic heterocycles. The van der Waals surface area contributed by atoms with Crippen molar-refractivity contribution in [3.8, 4) is 5.75 Å². The van der Waals surface area contributed by atoms with Crippen molar-refractivity contribution in [1.82, 2.24) is 0 Å². The maximum Gasteiger partial charge on any atom is 0.262 e. The Bertz CT molecular complexity index is 923. The topological polar surface area (TPSA) is 55.4 Å². The van der Waals surface area contributed by atoms with Crippen molar-refractivity contribution < 1.29 is 13.2 Å². The molecule has 0 bridgehead atoms. The number of fused-ring (bicyclic) bond motifs is 1. The minimum absolute atomic E-state index is 0.252. The summed E-state index contributed by atoms with van der Waals surface area (Å²) < 4.78 is 33.3. The molecule has 3 rings (SSSR count). The lowest BCUT2D eigenvalue weighted by molar-refractivity contribution is 0.470. The molecule has 0 aliphatic carbocycles. The molecule has 0 unspecified atom stereocenters. The number of nitrogens with one attached hydrogen (secondary N) is 1. The maximum absolute atomic E-state index is 12.6. The van der Waals surface area contributed by atoms with Crippen molar-refractivity contribution in [1.29, 1.82) is 0 Å². The third-order valence-electron chi connectivity index (χ3n) is 3.33. The molecule has 7 heteroatoms. The summed E-state index contributed by atoms with van der Waals surface area (Å²) in [5, 5.41) is 0.851. The molecule has 2 aromatic rings. The highest BCUT2D eigenvalue weighted by atomic mass is 35.5. The number of rotatable bonds is 3. The summed E-state index contributed by atoms with van der Waals surface area (Å²) in [5.74, 6) is 0.511. The monoisotopic (exact) mass is 367 g/mol. The number of hydrogen-bond acceptors (Lipinski definition) is 4. The van der Waals surface area contributed by atoms with E-state index in [1.807, 2.05) is 13.0 Å². The largest absolute Gasteiger partial charge is 0.448 e. The average Bonchev–Trinajstić information content (AvgIpc) is 2.82. The first kappa shape index (κ1) is 16.2. The Labute approximate surface area is 144 Å². The number of aryl methyl sites for hydroxylation is 2. The molecule has 0 saturated carbocycles. The number of sulfonamides is 1. The normalized spacial score (nSPS) is 13.6. The van der Waals surface area contributed by atoms with Crippen LogP contribution in [0.1, 0.15) is 11.1 Å². The fraction of sp³-hybridized carbons (Fsp3) is 0.125. The van der Waals surface area contributed by atoms with Crippen LogP contribution in [0.5, 0.6) is 5.75 Å². The minimum atomic E-state index is -3.70. The Morgan fingerprint density at radius 3 is 2.70 bits per heavy atom. The van der Waals surface area contributed by atoms with E-state index < -0.39 is 10.0 Å². The lowest BCUT2D eigenvalue weighted by Crippen LogP contribution is -2.14. The molecule has 120 valence electrons. The van der Waals surface area contributed by atoms with Crippen LogP contribution < -0.4 is 9.46 Å². The highest BCUT2D eigenvalue weighted by Crippen LogP contribution is 2.48. The van der Waals surface area contributed by atoms with Crippen molar-refractivity contribution in [2.24, 2.45) is 0 Å². The van der Waals surface area contributed by atoms with Gasteiger partial charge in [0, 0.05) is 0 Å². The van der Waals surface area contributed by atoms with Crippen LogP contribution >= 0.6 is 23.4 Å². The number of ether oxygens (including phenoxy) is 1. The van der Waals surface area contributed by atoms with Gasteiger partial charge in [-0.3, -0.25) is 4.72 Å². The molecule has 0 saturated heterocycles. The lowest BCUT2D eigenvalue weighted by Gasteiger charge is -2.12. The van der Waals surface area contributed by atoms with Gasteiger partial charge in [0.2, 0.25) is 0 Å². The Balaban J connectivity index is 1.99. The zero-order valence-corrected chi connectivity index (χ0v) is 14.9. The first-order valence-corrected chi connectivity index (χ1v) is 9.42. The molecule has 0 radical (unpaired) electrons. The van der Waals surface area contributed by atoms with Crippen LogP contribution in [0.25, 0.3) is 0 Å². The third-order valence-corrected chi connectivity index (χ3v) is 5.97. The van der Waals surface area contributed by atoms with Gasteiger partial charge in [0.1, 0.15) is 0 Å². The van der Waals surface area contributed by atoms with E-state index in [4.69, 9.17) is 16.3 Å². The van der Waals surface area contributed by atoms with Crippen molar-refractivity contribution in [3.05, 3.63) is 58.2 Å². The fourth-order valence-electron chi connectivity index (χ4n) is 2.27. The van der Waals surface area contributed by atoms with Gasteiger partial charge in [0.25, 0.3) is 10.0 Å². The summed E-state index contributed by atoms with van der Waals surface area (Å²) in [7, 11) is -3.70. The van der Waals surface area contributed by atoms with Gasteiger partial charge in [-0.15, -0.1) is 0 Å². The second-order valence-electron chi connectivity index (χ2n) is 5.24. The molecular weight excluding hydrogens is 354 g/mol. The fourth-order valence-corrected chi connectivity index (χ4v) is 4.75. The van der Waals surface area contributed by atoms with Crippen molar-refractivity contribution >= 4 is 39.1 Å². The second-order valence-corrected chi connectivity index (χ2v) is 8.39. The molecule has 1 N–H and O–H groups in total. The molecule has 0 amide bonds. The summed E-state index contributed by atoms with van der Waals surface area (Å²) in [5.41, 5.74) is 1.95. The van der Waals surface area contributed by atoms with E-state index in [0.29, 0.717) is 27.1 Å². The molecule has 0 spiro atoms. The van der Waals surface area contributed by atoms with E-state index in [1.165, 1.54) is 17.8 Å². The second kappa shape index (κ2) is 5.78. The van der Waals surface area contributed by atoms with Crippen LogP contribution in [-0.2, 0) is 10.0 Å². The van der Waals surface area contributed by atoms with Gasteiger partial charge in [-0.25, -0.2) is 8.42 Å². The highest BCUT2D eigenvalue weighted by molar-refractivity contribution is 8.03. The smallest absolute Gasteiger partial charge is 0.262 e. The predicted octanol–water partition coefficient (Wildman–Crippen LogP) is 4.71. The van der Waals surface area contributed by atoms with Crippen LogP contribution in [0.3, 0.4) is 0 Å². The first-order valence-electron chi connectivity index (χ1n) is 6.74. The maximum atomic E-state index is 12.6. The zero-order valence-electron chi connectivity index (χ0n) is 12.5. The predicted molar refractivity (Wildman–Crippen MR) is 93.8 cm³/mol. The van der Waals surface area contributed by atoms with E-state index >= 15 is 0 Å². The Kier molecular flexibility index (Phi) is 4.08. The molecular formula is C16H14ClNO3S2. The number of halogens is 1. The van der Waals surface area contributed by atoms with Crippen LogP contribution in [-0.4, -0.2) is 8.42 Å². The van der Waals surface area contributed by atoms with E-state index in [2.05, 4.69) is 11.3 Å². The number of benzene rings is 2. The minimum Gasteiger partial charge on any atom is -0.448 e. The van der Waals surface area contributed by atoms with Crippen LogP contribution in [0.2, 0.25) is 5.02 Å². The number of anilines is 1. The van der Waals surface area contributed by atoms with Crippen molar-refractivity contribution in [2.45, 2.75) is 23.6 Å². The Morgan fingerprint density at radius 2 is 1.96 bits per heavy atom. The van der Waals surface area contributed by atoms with Crippen LogP contribution in [0, 0.1) is 13.8 Å². The molecule has 23 heavy (non-hydrogen) atoms. The van der Waals surface area contributed by atoms with Gasteiger partial charge < -0.3 is 4.74 Å². The van der Waals surface area contributed by atoms with Gasteiger partial charge in [-0.2, -0.15) is 0 Å². The molecule has 0 atom stereocenters. The van der Waals surface area contributed by atoms with Gasteiger partial charge in [0.15, 0.2) is 10.8 Å². The SMILES string of the molecule is C=C1Oc2c(Cl)cc(NS(=O)(=O)c3cc(C)ccc3C)cc2S1. The summed E-state index contributed by atoms with van der Waals surface area (Å²) >= 11 is 7.47. The van der Waals surface area contributed by atoms with Gasteiger partial charge in [0.05, 0.1) is 20.5 Å². The van der Waals surface area contributed by atoms with E-state index in [1.54, 1.807) is 25.1 Å². The standard InChI is InChI=1S/C16H14ClNO3S2/c1-9-4-5-10(2)15(6-9)23(19,20)18-12-7-13(17)16-14(8-12)22-11(3)21-16/h4-8,18H,3H2,1-2H3. The summed E-state index contributed by atoms with van der Waals surface area (Å²) in [6.45, 7) is 7.34. The average molecular weight is 368 g/mol. The van der Waals surface area contributed by atoms with Crippen molar-refractivity contribution in [2.75, 3.05) is 4.72 Å². The third kappa shape index (κ3) is 3.20. The number of hydrogen-bond donors (Lipinski definition) is 1. The van der Waals surface area contributed by atoms with Crippen molar-refractivity contribution in [3.63, 3.8) is 0 Å². The quantitative estimate of drug-likeness (QED) is 0.853. The summed E-state index contributed by atoms with van der Waals surface area (Å²) in [4.78, 5) is 0.989. The summed E-state index contributed by atoms with van der Waals surface area (Å²) in [6.07, 6.45) is 0. The van der Waals surface area contributed by atoms with E-state index in [-0.39, 0.29) is 4.90 Å². The van der Waals surface area contributed by atoms with Gasteiger partial charge in [-0.05, 0) is 61.5 Å². The lowest BCUT2D eigenvalue weighted by atomic mass is 10.2. The Morgan fingerprint density at radius 1 is 1.22 bits per heavy atom. The highest BCUT2D eigenvalue weighted by Gasteiger charge is 2.23. The Hall–Kier alpha value is -1.63.